The first-order valence-corrected chi connectivity index (χ1v) is 11.5. The molecule has 1 N–H and O–H groups in total. The van der Waals surface area contributed by atoms with Gasteiger partial charge in [-0.15, -0.1) is 0 Å². The zero-order chi connectivity index (χ0) is 24.5. The Hall–Kier alpha value is -4.19. The average Bonchev–Trinajstić information content (AvgIpc) is 3.42. The number of nitrogens with zero attached hydrogens (tertiary/aromatic N) is 1. The smallest absolute Gasteiger partial charge is 0.247 e. The van der Waals surface area contributed by atoms with Crippen molar-refractivity contribution in [3.8, 4) is 0 Å². The molecule has 0 aliphatic heterocycles. The maximum atomic E-state index is 13.6. The van der Waals surface area contributed by atoms with Crippen LogP contribution in [0.3, 0.4) is 0 Å². The van der Waals surface area contributed by atoms with Gasteiger partial charge in [-0.1, -0.05) is 72.8 Å². The third-order valence-corrected chi connectivity index (χ3v) is 5.75. The predicted octanol–water partition coefficient (Wildman–Crippen LogP) is 5.44. The number of furan rings is 1. The molecule has 4 aromatic rings. The molecule has 0 fully saturated rings. The van der Waals surface area contributed by atoms with E-state index in [4.69, 9.17) is 4.42 Å². The van der Waals surface area contributed by atoms with Gasteiger partial charge in [0.2, 0.25) is 11.8 Å². The number of rotatable bonds is 10. The van der Waals surface area contributed by atoms with E-state index in [-0.39, 0.29) is 37.1 Å². The highest BCUT2D eigenvalue weighted by Gasteiger charge is 2.31. The lowest BCUT2D eigenvalue weighted by atomic mass is 10.0. The number of halogens is 1. The van der Waals surface area contributed by atoms with Crippen LogP contribution in [0.15, 0.2) is 108 Å². The molecule has 0 unspecified atom stereocenters. The molecule has 1 atom stereocenters. The van der Waals surface area contributed by atoms with Crippen molar-refractivity contribution in [1.82, 2.24) is 10.2 Å². The van der Waals surface area contributed by atoms with E-state index in [1.165, 1.54) is 12.1 Å². The van der Waals surface area contributed by atoms with Crippen molar-refractivity contribution in [3.63, 3.8) is 0 Å². The number of hydrogen-bond donors (Lipinski definition) is 1. The second-order valence-electron chi connectivity index (χ2n) is 8.24. The van der Waals surface area contributed by atoms with Crippen LogP contribution in [0.25, 0.3) is 0 Å². The van der Waals surface area contributed by atoms with E-state index in [1.54, 1.807) is 35.4 Å². The second kappa shape index (κ2) is 11.8. The van der Waals surface area contributed by atoms with Gasteiger partial charge in [0.1, 0.15) is 17.6 Å². The van der Waals surface area contributed by atoms with Crippen LogP contribution in [0, 0.1) is 5.82 Å². The molecule has 0 aliphatic rings. The van der Waals surface area contributed by atoms with Crippen molar-refractivity contribution >= 4 is 11.8 Å². The van der Waals surface area contributed by atoms with Crippen LogP contribution in [0.4, 0.5) is 4.39 Å². The number of hydrogen-bond acceptors (Lipinski definition) is 3. The molecule has 1 heterocycles. The quantitative estimate of drug-likeness (QED) is 0.336. The fourth-order valence-electron chi connectivity index (χ4n) is 3.94. The molecule has 0 radical (unpaired) electrons. The molecule has 4 rings (SSSR count). The zero-order valence-electron chi connectivity index (χ0n) is 19.3. The average molecular weight is 471 g/mol. The molecule has 1 aromatic heterocycles. The van der Waals surface area contributed by atoms with Crippen molar-refractivity contribution in [2.24, 2.45) is 0 Å². The molecule has 5 nitrogen and oxygen atoms in total. The molecule has 0 bridgehead atoms. The standard InChI is InChI=1S/C29H27FN2O3/c30-25-16-13-23(14-17-25)21-32(27(33)18-15-22-8-3-1-4-9-22)28(24-10-5-2-6-11-24)29(34)31-20-26-12-7-19-35-26/h1-14,16-17,19,28H,15,18,20-21H2,(H,31,34)/t28-/m1/s1. The van der Waals surface area contributed by atoms with Crippen LogP contribution in [0.5, 0.6) is 0 Å². The van der Waals surface area contributed by atoms with Crippen LogP contribution in [-0.4, -0.2) is 16.7 Å². The van der Waals surface area contributed by atoms with Gasteiger partial charge in [-0.3, -0.25) is 9.59 Å². The summed E-state index contributed by atoms with van der Waals surface area (Å²) in [5, 5.41) is 2.90. The summed E-state index contributed by atoms with van der Waals surface area (Å²) in [5.41, 5.74) is 2.47. The molecule has 0 saturated heterocycles. The molecule has 0 spiro atoms. The number of aryl methyl sites for hydroxylation is 1. The first kappa shape index (κ1) is 24.0. The van der Waals surface area contributed by atoms with Crippen molar-refractivity contribution < 1.29 is 18.4 Å². The SMILES string of the molecule is O=C(NCc1ccco1)[C@@H](c1ccccc1)N(Cc1ccc(F)cc1)C(=O)CCc1ccccc1. The largest absolute Gasteiger partial charge is 0.467 e. The van der Waals surface area contributed by atoms with Gasteiger partial charge in [0, 0.05) is 13.0 Å². The van der Waals surface area contributed by atoms with Gasteiger partial charge in [0.15, 0.2) is 0 Å². The topological polar surface area (TPSA) is 62.6 Å². The van der Waals surface area contributed by atoms with E-state index < -0.39 is 6.04 Å². The maximum absolute atomic E-state index is 13.6. The Morgan fingerprint density at radius 1 is 0.829 bits per heavy atom. The minimum absolute atomic E-state index is 0.167. The van der Waals surface area contributed by atoms with Crippen LogP contribution < -0.4 is 5.32 Å². The number of amides is 2. The molecule has 0 aliphatic carbocycles. The zero-order valence-corrected chi connectivity index (χ0v) is 19.3. The monoisotopic (exact) mass is 470 g/mol. The summed E-state index contributed by atoms with van der Waals surface area (Å²) >= 11 is 0. The van der Waals surface area contributed by atoms with E-state index in [1.807, 2.05) is 60.7 Å². The summed E-state index contributed by atoms with van der Waals surface area (Å²) < 4.78 is 18.9. The van der Waals surface area contributed by atoms with Crippen molar-refractivity contribution in [2.75, 3.05) is 0 Å². The Morgan fingerprint density at radius 2 is 1.51 bits per heavy atom. The predicted molar refractivity (Wildman–Crippen MR) is 131 cm³/mol. The normalized spacial score (nSPS) is 11.6. The molecule has 6 heteroatoms. The summed E-state index contributed by atoms with van der Waals surface area (Å²) in [6, 6.07) is 27.6. The highest BCUT2D eigenvalue weighted by molar-refractivity contribution is 5.88. The molecule has 3 aromatic carbocycles. The van der Waals surface area contributed by atoms with Crippen LogP contribution >= 0.6 is 0 Å². The Balaban J connectivity index is 1.62. The first-order chi connectivity index (χ1) is 17.1. The lowest BCUT2D eigenvalue weighted by Gasteiger charge is -2.31. The second-order valence-corrected chi connectivity index (χ2v) is 8.24. The van der Waals surface area contributed by atoms with Gasteiger partial charge in [0.05, 0.1) is 12.8 Å². The fraction of sp³-hybridized carbons (Fsp3) is 0.172. The van der Waals surface area contributed by atoms with Gasteiger partial charge < -0.3 is 14.6 Å². The molecule has 178 valence electrons. The number of carbonyl (C=O) groups is 2. The van der Waals surface area contributed by atoms with Crippen molar-refractivity contribution in [3.05, 3.63) is 132 Å². The Labute approximate surface area is 204 Å². The molecular weight excluding hydrogens is 443 g/mol. The summed E-state index contributed by atoms with van der Waals surface area (Å²) in [4.78, 5) is 28.7. The van der Waals surface area contributed by atoms with Crippen LogP contribution in [0.1, 0.15) is 34.9 Å². The lowest BCUT2D eigenvalue weighted by molar-refractivity contribution is -0.141. The van der Waals surface area contributed by atoms with E-state index in [9.17, 15) is 14.0 Å². The van der Waals surface area contributed by atoms with E-state index in [0.717, 1.165) is 11.1 Å². The number of nitrogens with one attached hydrogen (secondary N) is 1. The molecular formula is C29H27FN2O3. The van der Waals surface area contributed by atoms with Crippen LogP contribution in [0.2, 0.25) is 0 Å². The third kappa shape index (κ3) is 6.67. The number of benzene rings is 3. The minimum Gasteiger partial charge on any atom is -0.467 e. The van der Waals surface area contributed by atoms with Gasteiger partial charge in [0.25, 0.3) is 0 Å². The van der Waals surface area contributed by atoms with Gasteiger partial charge in [-0.25, -0.2) is 4.39 Å². The third-order valence-electron chi connectivity index (χ3n) is 5.75. The Kier molecular flexibility index (Phi) is 8.07. The summed E-state index contributed by atoms with van der Waals surface area (Å²) in [5.74, 6) is -0.222. The van der Waals surface area contributed by atoms with Crippen molar-refractivity contribution in [2.45, 2.75) is 32.0 Å². The highest BCUT2D eigenvalue weighted by Crippen LogP contribution is 2.25. The van der Waals surface area contributed by atoms with E-state index in [0.29, 0.717) is 17.7 Å². The van der Waals surface area contributed by atoms with Gasteiger partial charge in [-0.05, 0) is 47.4 Å². The molecule has 0 saturated carbocycles. The molecule has 2 amide bonds. The van der Waals surface area contributed by atoms with Crippen molar-refractivity contribution in [1.29, 1.82) is 0 Å². The summed E-state index contributed by atoms with van der Waals surface area (Å²) in [7, 11) is 0. The molecule has 35 heavy (non-hydrogen) atoms. The summed E-state index contributed by atoms with van der Waals surface area (Å²) in [6.07, 6.45) is 2.33. The maximum Gasteiger partial charge on any atom is 0.247 e. The Bertz CT molecular complexity index is 1210. The number of carbonyl (C=O) groups excluding carboxylic acids is 2. The Morgan fingerprint density at radius 3 is 2.17 bits per heavy atom. The van der Waals surface area contributed by atoms with Crippen LogP contribution in [-0.2, 0) is 29.1 Å². The lowest BCUT2D eigenvalue weighted by Crippen LogP contribution is -2.43. The van der Waals surface area contributed by atoms with E-state index >= 15 is 0 Å². The summed E-state index contributed by atoms with van der Waals surface area (Å²) in [6.45, 7) is 0.374. The highest BCUT2D eigenvalue weighted by atomic mass is 19.1. The minimum atomic E-state index is -0.862. The first-order valence-electron chi connectivity index (χ1n) is 11.5. The van der Waals surface area contributed by atoms with E-state index in [2.05, 4.69) is 5.32 Å². The van der Waals surface area contributed by atoms with Gasteiger partial charge >= 0.3 is 0 Å². The fourth-order valence-corrected chi connectivity index (χ4v) is 3.94. The van der Waals surface area contributed by atoms with Gasteiger partial charge in [-0.2, -0.15) is 0 Å².